The minimum atomic E-state index is 0.171. The number of carbonyl (C=O) groups excluding carboxylic acids is 1. The Kier molecular flexibility index (Phi) is 3.68. The minimum Gasteiger partial charge on any atom is -0.454 e. The Morgan fingerprint density at radius 3 is 2.65 bits per heavy atom. The van der Waals surface area contributed by atoms with Crippen molar-refractivity contribution in [3.05, 3.63) is 59.7 Å². The van der Waals surface area contributed by atoms with Crippen LogP contribution in [0.4, 0.5) is 0 Å². The fourth-order valence-electron chi connectivity index (χ4n) is 2.52. The highest BCUT2D eigenvalue weighted by molar-refractivity contribution is 5.53. The molecule has 20 heavy (non-hydrogen) atoms. The van der Waals surface area contributed by atoms with Crippen molar-refractivity contribution in [2.75, 3.05) is 6.79 Å². The molecule has 102 valence electrons. The molecule has 2 aromatic carbocycles. The molecule has 0 spiro atoms. The molecule has 1 unspecified atom stereocenters. The van der Waals surface area contributed by atoms with Gasteiger partial charge in [0.15, 0.2) is 11.5 Å². The summed E-state index contributed by atoms with van der Waals surface area (Å²) >= 11 is 0. The van der Waals surface area contributed by atoms with Crippen LogP contribution in [0.15, 0.2) is 48.5 Å². The third kappa shape index (κ3) is 2.67. The van der Waals surface area contributed by atoms with Gasteiger partial charge >= 0.3 is 0 Å². The van der Waals surface area contributed by atoms with Gasteiger partial charge < -0.3 is 14.3 Å². The third-order valence-electron chi connectivity index (χ3n) is 3.57. The summed E-state index contributed by atoms with van der Waals surface area (Å²) in [5.74, 6) is 1.72. The van der Waals surface area contributed by atoms with Crippen molar-refractivity contribution in [2.24, 2.45) is 0 Å². The van der Waals surface area contributed by atoms with Crippen LogP contribution in [0.25, 0.3) is 0 Å². The predicted molar refractivity (Wildman–Crippen MR) is 76.1 cm³/mol. The zero-order valence-corrected chi connectivity index (χ0v) is 11.1. The van der Waals surface area contributed by atoms with E-state index >= 15 is 0 Å². The van der Waals surface area contributed by atoms with Gasteiger partial charge in [0.25, 0.3) is 0 Å². The average molecular weight is 268 g/mol. The topological polar surface area (TPSA) is 35.5 Å². The molecule has 0 saturated carbocycles. The van der Waals surface area contributed by atoms with Crippen LogP contribution in [0.5, 0.6) is 11.5 Å². The van der Waals surface area contributed by atoms with Crippen molar-refractivity contribution in [3.63, 3.8) is 0 Å². The van der Waals surface area contributed by atoms with Crippen molar-refractivity contribution in [3.8, 4) is 11.5 Å². The minimum absolute atomic E-state index is 0.171. The number of rotatable bonds is 5. The van der Waals surface area contributed by atoms with E-state index in [4.69, 9.17) is 9.47 Å². The lowest BCUT2D eigenvalue weighted by Crippen LogP contribution is -2.04. The third-order valence-corrected chi connectivity index (χ3v) is 3.57. The number of hydrogen-bond acceptors (Lipinski definition) is 3. The second kappa shape index (κ2) is 5.78. The monoisotopic (exact) mass is 268 g/mol. The summed E-state index contributed by atoms with van der Waals surface area (Å²) < 4.78 is 10.7. The fraction of sp³-hybridized carbons (Fsp3) is 0.235. The maximum atomic E-state index is 11.0. The molecular formula is C17H16O3. The quantitative estimate of drug-likeness (QED) is 0.780. The van der Waals surface area contributed by atoms with Gasteiger partial charge in [0.2, 0.25) is 6.79 Å². The molecule has 0 radical (unpaired) electrons. The summed E-state index contributed by atoms with van der Waals surface area (Å²) in [6, 6.07) is 16.1. The summed E-state index contributed by atoms with van der Waals surface area (Å²) in [5.41, 5.74) is 2.35. The molecule has 0 fully saturated rings. The number of benzene rings is 2. The molecule has 0 bridgehead atoms. The van der Waals surface area contributed by atoms with Gasteiger partial charge in [-0.3, -0.25) is 0 Å². The fourth-order valence-corrected chi connectivity index (χ4v) is 2.52. The van der Waals surface area contributed by atoms with E-state index in [-0.39, 0.29) is 12.7 Å². The zero-order valence-electron chi connectivity index (χ0n) is 11.1. The zero-order chi connectivity index (χ0) is 13.8. The molecule has 3 heteroatoms. The van der Waals surface area contributed by atoms with Crippen molar-refractivity contribution >= 4 is 6.29 Å². The van der Waals surface area contributed by atoms with Gasteiger partial charge in [0.05, 0.1) is 0 Å². The predicted octanol–water partition coefficient (Wildman–Crippen LogP) is 3.33. The number of ether oxygens (including phenoxy) is 2. The number of aldehydes is 1. The largest absolute Gasteiger partial charge is 0.454 e. The van der Waals surface area contributed by atoms with Gasteiger partial charge in [-0.05, 0) is 35.6 Å². The Labute approximate surface area is 118 Å². The lowest BCUT2D eigenvalue weighted by molar-refractivity contribution is -0.108. The van der Waals surface area contributed by atoms with E-state index < -0.39 is 0 Å². The van der Waals surface area contributed by atoms with Crippen molar-refractivity contribution < 1.29 is 14.3 Å². The first kappa shape index (κ1) is 12.7. The summed E-state index contributed by atoms with van der Waals surface area (Å²) in [6.45, 7) is 0.274. The van der Waals surface area contributed by atoms with E-state index in [1.165, 1.54) is 5.56 Å². The highest BCUT2D eigenvalue weighted by Gasteiger charge is 2.18. The van der Waals surface area contributed by atoms with Crippen LogP contribution in [-0.4, -0.2) is 13.1 Å². The molecule has 1 aliphatic rings. The smallest absolute Gasteiger partial charge is 0.231 e. The standard InChI is InChI=1S/C17H16O3/c18-9-8-15(10-13-4-2-1-3-5-13)14-6-7-16-17(11-14)20-12-19-16/h1-7,9,11,15H,8,10,12H2. The van der Waals surface area contributed by atoms with Crippen LogP contribution in [0.1, 0.15) is 23.5 Å². The van der Waals surface area contributed by atoms with Crippen molar-refractivity contribution in [2.45, 2.75) is 18.8 Å². The number of fused-ring (bicyclic) bond motifs is 1. The Balaban J connectivity index is 1.84. The van der Waals surface area contributed by atoms with Gasteiger partial charge in [0, 0.05) is 6.42 Å². The van der Waals surface area contributed by atoms with Crippen molar-refractivity contribution in [1.29, 1.82) is 0 Å². The number of hydrogen-bond donors (Lipinski definition) is 0. The molecule has 0 aromatic heterocycles. The van der Waals surface area contributed by atoms with Crippen molar-refractivity contribution in [1.82, 2.24) is 0 Å². The van der Waals surface area contributed by atoms with Crippen LogP contribution in [0.3, 0.4) is 0 Å². The first-order valence-corrected chi connectivity index (χ1v) is 6.74. The Bertz CT molecular complexity index is 592. The van der Waals surface area contributed by atoms with E-state index in [1.54, 1.807) is 0 Å². The highest BCUT2D eigenvalue weighted by atomic mass is 16.7. The molecule has 3 nitrogen and oxygen atoms in total. The van der Waals surface area contributed by atoms with E-state index in [1.807, 2.05) is 36.4 Å². The van der Waals surface area contributed by atoms with Gasteiger partial charge in [0.1, 0.15) is 6.29 Å². The summed E-state index contributed by atoms with van der Waals surface area (Å²) in [5, 5.41) is 0. The van der Waals surface area contributed by atoms with E-state index in [9.17, 15) is 4.79 Å². The van der Waals surface area contributed by atoms with Crippen LogP contribution in [0, 0.1) is 0 Å². The Morgan fingerprint density at radius 1 is 1.05 bits per heavy atom. The lowest BCUT2D eigenvalue weighted by atomic mass is 9.89. The normalized spacial score (nSPS) is 14.0. The second-order valence-corrected chi connectivity index (χ2v) is 4.90. The summed E-state index contributed by atoms with van der Waals surface area (Å²) in [4.78, 5) is 11.0. The molecule has 0 saturated heterocycles. The Morgan fingerprint density at radius 2 is 1.85 bits per heavy atom. The summed E-state index contributed by atoms with van der Waals surface area (Å²) in [6.07, 6.45) is 2.34. The molecule has 1 aliphatic heterocycles. The molecule has 0 N–H and O–H groups in total. The van der Waals surface area contributed by atoms with Crippen LogP contribution < -0.4 is 9.47 Å². The van der Waals surface area contributed by atoms with Gasteiger partial charge in [-0.2, -0.15) is 0 Å². The molecule has 1 atom stereocenters. The van der Waals surface area contributed by atoms with Crippen LogP contribution >= 0.6 is 0 Å². The molecule has 1 heterocycles. The maximum Gasteiger partial charge on any atom is 0.231 e. The number of carbonyl (C=O) groups is 1. The molecule has 0 aliphatic carbocycles. The molecule has 2 aromatic rings. The highest BCUT2D eigenvalue weighted by Crippen LogP contribution is 2.36. The van der Waals surface area contributed by atoms with E-state index in [0.29, 0.717) is 6.42 Å². The second-order valence-electron chi connectivity index (χ2n) is 4.90. The first-order chi connectivity index (χ1) is 9.86. The maximum absolute atomic E-state index is 11.0. The molecular weight excluding hydrogens is 252 g/mol. The molecule has 3 rings (SSSR count). The lowest BCUT2D eigenvalue weighted by Gasteiger charge is -2.15. The molecule has 0 amide bonds. The van der Waals surface area contributed by atoms with Gasteiger partial charge in [-0.1, -0.05) is 36.4 Å². The average Bonchev–Trinajstić information content (AvgIpc) is 2.95. The van der Waals surface area contributed by atoms with E-state index in [0.717, 1.165) is 29.8 Å². The van der Waals surface area contributed by atoms with Gasteiger partial charge in [-0.15, -0.1) is 0 Å². The van der Waals surface area contributed by atoms with Crippen LogP contribution in [0.2, 0.25) is 0 Å². The first-order valence-electron chi connectivity index (χ1n) is 6.74. The summed E-state index contributed by atoms with van der Waals surface area (Å²) in [7, 11) is 0. The van der Waals surface area contributed by atoms with E-state index in [2.05, 4.69) is 12.1 Å². The van der Waals surface area contributed by atoms with Gasteiger partial charge in [-0.25, -0.2) is 0 Å². The van der Waals surface area contributed by atoms with Crippen LogP contribution in [-0.2, 0) is 11.2 Å². The SMILES string of the molecule is O=CCC(Cc1ccccc1)c1ccc2c(c1)OCO2. The Hall–Kier alpha value is -2.29.